The smallest absolute Gasteiger partial charge is 0.239 e. The number of nitrogens with two attached hydrogens (primary N) is 1. The van der Waals surface area contributed by atoms with E-state index in [1.807, 2.05) is 24.3 Å². The molecule has 9 nitrogen and oxygen atoms in total. The highest BCUT2D eigenvalue weighted by Crippen LogP contribution is 2.31. The molecule has 0 saturated carbocycles. The average molecular weight is 476 g/mol. The second-order valence-corrected chi connectivity index (χ2v) is 9.01. The Morgan fingerprint density at radius 3 is 2.68 bits per heavy atom. The van der Waals surface area contributed by atoms with Crippen LogP contribution in [0.4, 0.5) is 10.2 Å². The summed E-state index contributed by atoms with van der Waals surface area (Å²) in [7, 11) is -3.95. The zero-order chi connectivity index (χ0) is 23.7. The van der Waals surface area contributed by atoms with Crippen LogP contribution < -0.4 is 10.5 Å². The zero-order valence-electron chi connectivity index (χ0n) is 17.6. The van der Waals surface area contributed by atoms with E-state index in [4.69, 9.17) is 5.14 Å². The van der Waals surface area contributed by atoms with Crippen molar-refractivity contribution in [2.75, 3.05) is 5.32 Å². The van der Waals surface area contributed by atoms with Gasteiger partial charge in [-0.1, -0.05) is 18.2 Å². The Morgan fingerprint density at radius 2 is 1.91 bits per heavy atom. The SMILES string of the molecule is NS(=O)(=O)c1cncc(-c2nc(NCc3ccccn3)c3c(-c4cccc(F)c4)ccn3n2)c1. The molecule has 0 aliphatic rings. The molecule has 4 aromatic heterocycles. The monoisotopic (exact) mass is 475 g/mol. The molecule has 4 heterocycles. The van der Waals surface area contributed by atoms with Gasteiger partial charge in [0.15, 0.2) is 11.6 Å². The van der Waals surface area contributed by atoms with Crippen LogP contribution in [0.5, 0.6) is 0 Å². The van der Waals surface area contributed by atoms with Crippen molar-refractivity contribution in [3.8, 4) is 22.5 Å². The summed E-state index contributed by atoms with van der Waals surface area (Å²) in [6.45, 7) is 0.371. The predicted octanol–water partition coefficient (Wildman–Crippen LogP) is 3.25. The van der Waals surface area contributed by atoms with Gasteiger partial charge < -0.3 is 5.32 Å². The minimum absolute atomic E-state index is 0.148. The number of fused-ring (bicyclic) bond motifs is 1. The van der Waals surface area contributed by atoms with Crippen molar-refractivity contribution < 1.29 is 12.8 Å². The molecule has 0 radical (unpaired) electrons. The zero-order valence-corrected chi connectivity index (χ0v) is 18.4. The van der Waals surface area contributed by atoms with Gasteiger partial charge in [0.2, 0.25) is 10.0 Å². The van der Waals surface area contributed by atoms with E-state index >= 15 is 0 Å². The summed E-state index contributed by atoms with van der Waals surface area (Å²) in [5.41, 5.74) is 3.18. The quantitative estimate of drug-likeness (QED) is 0.386. The maximum atomic E-state index is 13.9. The van der Waals surface area contributed by atoms with Crippen molar-refractivity contribution in [3.63, 3.8) is 0 Å². The molecule has 0 bridgehead atoms. The highest BCUT2D eigenvalue weighted by atomic mass is 32.2. The van der Waals surface area contributed by atoms with Crippen LogP contribution in [0.2, 0.25) is 0 Å². The topological polar surface area (TPSA) is 128 Å². The fourth-order valence-electron chi connectivity index (χ4n) is 3.53. The van der Waals surface area contributed by atoms with E-state index in [-0.39, 0.29) is 16.5 Å². The van der Waals surface area contributed by atoms with Gasteiger partial charge in [-0.15, -0.1) is 5.10 Å². The lowest BCUT2D eigenvalue weighted by Crippen LogP contribution is -2.13. The van der Waals surface area contributed by atoms with Crippen molar-refractivity contribution in [2.45, 2.75) is 11.4 Å². The van der Waals surface area contributed by atoms with Gasteiger partial charge >= 0.3 is 0 Å². The van der Waals surface area contributed by atoms with Crippen LogP contribution in [0.3, 0.4) is 0 Å². The number of pyridine rings is 2. The number of hydrogen-bond donors (Lipinski definition) is 2. The Kier molecular flexibility index (Phi) is 5.48. The summed E-state index contributed by atoms with van der Waals surface area (Å²) in [5, 5.41) is 13.1. The molecule has 0 unspecified atom stereocenters. The molecule has 0 amide bonds. The molecule has 170 valence electrons. The summed E-state index contributed by atoms with van der Waals surface area (Å²) in [6.07, 6.45) is 6.03. The Labute approximate surface area is 194 Å². The third-order valence-corrected chi connectivity index (χ3v) is 5.99. The van der Waals surface area contributed by atoms with Crippen LogP contribution in [0.1, 0.15) is 5.69 Å². The number of benzene rings is 1. The number of primary sulfonamides is 1. The number of anilines is 1. The molecule has 34 heavy (non-hydrogen) atoms. The number of nitrogens with one attached hydrogen (secondary N) is 1. The molecule has 11 heteroatoms. The number of nitrogens with zero attached hydrogens (tertiary/aromatic N) is 5. The third-order valence-electron chi connectivity index (χ3n) is 5.11. The van der Waals surface area contributed by atoms with E-state index < -0.39 is 10.0 Å². The molecular weight excluding hydrogens is 457 g/mol. The van der Waals surface area contributed by atoms with E-state index in [2.05, 4.69) is 25.4 Å². The Balaban J connectivity index is 1.66. The first-order chi connectivity index (χ1) is 16.4. The van der Waals surface area contributed by atoms with Crippen LogP contribution >= 0.6 is 0 Å². The molecule has 1 aromatic carbocycles. The van der Waals surface area contributed by atoms with Crippen molar-refractivity contribution in [3.05, 3.63) is 90.9 Å². The first kappa shape index (κ1) is 21.6. The largest absolute Gasteiger partial charge is 0.363 e. The second-order valence-electron chi connectivity index (χ2n) is 7.45. The molecule has 0 aliphatic carbocycles. The standard InChI is InChI=1S/C23H18FN7O2S/c24-17-5-3-4-15(10-17)20-7-9-31-21(20)23(28-13-18-6-1-2-8-27-18)29-22(30-31)16-11-19(14-26-12-16)34(25,32)33/h1-12,14H,13H2,(H2,25,32,33)(H,28,29,30). The number of rotatable bonds is 6. The minimum atomic E-state index is -3.95. The molecule has 0 atom stereocenters. The first-order valence-corrected chi connectivity index (χ1v) is 11.7. The Bertz CT molecular complexity index is 1600. The van der Waals surface area contributed by atoms with Crippen molar-refractivity contribution in [1.29, 1.82) is 0 Å². The molecule has 5 aromatic rings. The fourth-order valence-corrected chi connectivity index (χ4v) is 4.03. The van der Waals surface area contributed by atoms with Crippen LogP contribution in [0, 0.1) is 5.82 Å². The van der Waals surface area contributed by atoms with E-state index in [1.54, 1.807) is 29.0 Å². The van der Waals surface area contributed by atoms with Crippen LogP contribution in [0.25, 0.3) is 28.0 Å². The lowest BCUT2D eigenvalue weighted by molar-refractivity contribution is 0.597. The van der Waals surface area contributed by atoms with Gasteiger partial charge in [-0.25, -0.2) is 27.4 Å². The van der Waals surface area contributed by atoms with Gasteiger partial charge in [-0.05, 0) is 42.0 Å². The molecule has 0 fully saturated rings. The number of aromatic nitrogens is 5. The van der Waals surface area contributed by atoms with Crippen molar-refractivity contribution in [2.24, 2.45) is 5.14 Å². The predicted molar refractivity (Wildman–Crippen MR) is 125 cm³/mol. The summed E-state index contributed by atoms with van der Waals surface area (Å²) >= 11 is 0. The fraction of sp³-hybridized carbons (Fsp3) is 0.0435. The van der Waals surface area contributed by atoms with Crippen LogP contribution in [-0.2, 0) is 16.6 Å². The highest BCUT2D eigenvalue weighted by Gasteiger charge is 2.17. The third kappa shape index (κ3) is 4.34. The summed E-state index contributed by atoms with van der Waals surface area (Å²) in [5.74, 6) is 0.333. The number of halogens is 1. The summed E-state index contributed by atoms with van der Waals surface area (Å²) in [6, 6.07) is 15.0. The van der Waals surface area contributed by atoms with E-state index in [1.165, 1.54) is 24.4 Å². The number of hydrogen-bond acceptors (Lipinski definition) is 7. The molecule has 3 N–H and O–H groups in total. The maximum Gasteiger partial charge on any atom is 0.239 e. The molecule has 5 rings (SSSR count). The van der Waals surface area contributed by atoms with E-state index in [0.717, 1.165) is 17.5 Å². The minimum Gasteiger partial charge on any atom is -0.363 e. The summed E-state index contributed by atoms with van der Waals surface area (Å²) in [4.78, 5) is 12.8. The average Bonchev–Trinajstić information content (AvgIpc) is 3.27. The Morgan fingerprint density at radius 1 is 1.03 bits per heavy atom. The molecular formula is C23H18FN7O2S. The van der Waals surface area contributed by atoms with Crippen LogP contribution in [0.15, 0.2) is 84.3 Å². The summed E-state index contributed by atoms with van der Waals surface area (Å²) < 4.78 is 39.1. The molecule has 0 saturated heterocycles. The first-order valence-electron chi connectivity index (χ1n) is 10.2. The lowest BCUT2D eigenvalue weighted by Gasteiger charge is -2.12. The van der Waals surface area contributed by atoms with Crippen molar-refractivity contribution >= 4 is 21.4 Å². The molecule has 0 aliphatic heterocycles. The van der Waals surface area contributed by atoms with Gasteiger partial charge in [-0.2, -0.15) is 0 Å². The van der Waals surface area contributed by atoms with E-state index in [9.17, 15) is 12.8 Å². The van der Waals surface area contributed by atoms with Gasteiger partial charge in [0.25, 0.3) is 0 Å². The number of sulfonamides is 1. The van der Waals surface area contributed by atoms with Gasteiger partial charge in [-0.3, -0.25) is 9.97 Å². The van der Waals surface area contributed by atoms with E-state index in [0.29, 0.717) is 29.0 Å². The van der Waals surface area contributed by atoms with Gasteiger partial charge in [0.05, 0.1) is 12.2 Å². The van der Waals surface area contributed by atoms with Gasteiger partial charge in [0, 0.05) is 35.9 Å². The van der Waals surface area contributed by atoms with Crippen LogP contribution in [-0.4, -0.2) is 33.0 Å². The Hall–Kier alpha value is -4.22. The highest BCUT2D eigenvalue weighted by molar-refractivity contribution is 7.89. The van der Waals surface area contributed by atoms with Crippen molar-refractivity contribution in [1.82, 2.24) is 24.6 Å². The van der Waals surface area contributed by atoms with Gasteiger partial charge in [0.1, 0.15) is 16.2 Å². The maximum absolute atomic E-state index is 13.9. The second kappa shape index (κ2) is 8.61. The normalized spacial score (nSPS) is 11.6. The lowest BCUT2D eigenvalue weighted by atomic mass is 10.1. The molecule has 0 spiro atoms.